The molecule has 1 atom stereocenters. The summed E-state index contributed by atoms with van der Waals surface area (Å²) in [7, 11) is 4.12. The van der Waals surface area contributed by atoms with Crippen molar-refractivity contribution in [3.63, 3.8) is 0 Å². The molecule has 1 unspecified atom stereocenters. The van der Waals surface area contributed by atoms with Crippen LogP contribution < -0.4 is 4.90 Å². The maximum atomic E-state index is 11.2. The fourth-order valence-corrected chi connectivity index (χ4v) is 2.95. The van der Waals surface area contributed by atoms with E-state index >= 15 is 0 Å². The summed E-state index contributed by atoms with van der Waals surface area (Å²) >= 11 is 0. The van der Waals surface area contributed by atoms with Gasteiger partial charge in [-0.1, -0.05) is 24.6 Å². The molecule has 0 bridgehead atoms. The van der Waals surface area contributed by atoms with Crippen LogP contribution >= 0.6 is 0 Å². The molecule has 0 aliphatic heterocycles. The highest BCUT2D eigenvalue weighted by molar-refractivity contribution is 5.71. The molecule has 0 radical (unpaired) electrons. The van der Waals surface area contributed by atoms with Gasteiger partial charge in [-0.15, -0.1) is 0 Å². The Kier molecular flexibility index (Phi) is 6.88. The maximum absolute atomic E-state index is 11.2. The number of aryl methyl sites for hydroxylation is 3. The van der Waals surface area contributed by atoms with Crippen molar-refractivity contribution < 1.29 is 9.90 Å². The van der Waals surface area contributed by atoms with Gasteiger partial charge in [0.1, 0.15) is 0 Å². The normalized spacial score (nSPS) is 12.5. The topological polar surface area (TPSA) is 43.8 Å². The fraction of sp³-hybridized carbons (Fsp3) is 0.611. The van der Waals surface area contributed by atoms with Gasteiger partial charge in [-0.2, -0.15) is 0 Å². The third-order valence-electron chi connectivity index (χ3n) is 3.90. The molecule has 0 saturated heterocycles. The third kappa shape index (κ3) is 5.34. The molecule has 1 aromatic carbocycles. The first-order valence-corrected chi connectivity index (χ1v) is 7.92. The van der Waals surface area contributed by atoms with E-state index in [0.717, 1.165) is 19.5 Å². The first-order valence-electron chi connectivity index (χ1n) is 7.92. The second-order valence-corrected chi connectivity index (χ2v) is 6.59. The van der Waals surface area contributed by atoms with Crippen LogP contribution in [0.15, 0.2) is 12.1 Å². The van der Waals surface area contributed by atoms with E-state index in [1.54, 1.807) is 6.92 Å². The Balaban J connectivity index is 3.00. The lowest BCUT2D eigenvalue weighted by Gasteiger charge is -2.30. The Hall–Kier alpha value is -1.55. The van der Waals surface area contributed by atoms with Crippen LogP contribution in [0.4, 0.5) is 5.69 Å². The predicted molar refractivity (Wildman–Crippen MR) is 92.8 cm³/mol. The molecule has 0 heterocycles. The summed E-state index contributed by atoms with van der Waals surface area (Å²) in [5.74, 6) is -1.11. The zero-order valence-electron chi connectivity index (χ0n) is 14.8. The standard InChI is InChI=1S/C18H30N2O2/c1-13-10-14(2)17(15(3)11-13)20(9-7-8-19(5)6)12-16(4)18(21)22/h10-11,16H,7-9,12H2,1-6H3,(H,21,22). The number of hydrogen-bond donors (Lipinski definition) is 1. The van der Waals surface area contributed by atoms with Crippen LogP contribution in [0, 0.1) is 26.7 Å². The molecule has 4 nitrogen and oxygen atoms in total. The van der Waals surface area contributed by atoms with Crippen molar-refractivity contribution in [3.8, 4) is 0 Å². The van der Waals surface area contributed by atoms with Crippen LogP contribution in [-0.2, 0) is 4.79 Å². The van der Waals surface area contributed by atoms with Gasteiger partial charge in [0.05, 0.1) is 5.92 Å². The number of rotatable bonds is 8. The van der Waals surface area contributed by atoms with Crippen LogP contribution in [0.2, 0.25) is 0 Å². The number of carbonyl (C=O) groups is 1. The lowest BCUT2D eigenvalue weighted by atomic mass is 10.0. The Bertz CT molecular complexity index is 489. The van der Waals surface area contributed by atoms with Gasteiger partial charge in [0.25, 0.3) is 0 Å². The number of hydrogen-bond acceptors (Lipinski definition) is 3. The van der Waals surface area contributed by atoms with Crippen LogP contribution in [-0.4, -0.2) is 49.7 Å². The third-order valence-corrected chi connectivity index (χ3v) is 3.90. The highest BCUT2D eigenvalue weighted by atomic mass is 16.4. The molecule has 0 amide bonds. The summed E-state index contributed by atoms with van der Waals surface area (Å²) in [5.41, 5.74) is 4.88. The molecular weight excluding hydrogens is 276 g/mol. The second-order valence-electron chi connectivity index (χ2n) is 6.59. The van der Waals surface area contributed by atoms with Gasteiger partial charge < -0.3 is 14.9 Å². The molecular formula is C18H30N2O2. The SMILES string of the molecule is Cc1cc(C)c(N(CCCN(C)C)CC(C)C(=O)O)c(C)c1. The molecule has 4 heteroatoms. The zero-order valence-corrected chi connectivity index (χ0v) is 14.8. The first kappa shape index (κ1) is 18.5. The highest BCUT2D eigenvalue weighted by Gasteiger charge is 2.19. The summed E-state index contributed by atoms with van der Waals surface area (Å²) in [6, 6.07) is 4.35. The van der Waals surface area contributed by atoms with E-state index in [2.05, 4.69) is 56.8 Å². The van der Waals surface area contributed by atoms with Gasteiger partial charge >= 0.3 is 5.97 Å². The molecule has 1 aromatic rings. The van der Waals surface area contributed by atoms with Gasteiger partial charge in [0.15, 0.2) is 0 Å². The van der Waals surface area contributed by atoms with Gasteiger partial charge in [-0.25, -0.2) is 0 Å². The fourth-order valence-electron chi connectivity index (χ4n) is 2.95. The molecule has 0 saturated carbocycles. The number of carboxylic acid groups (broad SMARTS) is 1. The molecule has 0 aliphatic rings. The molecule has 22 heavy (non-hydrogen) atoms. The largest absolute Gasteiger partial charge is 0.481 e. The number of nitrogens with zero attached hydrogens (tertiary/aromatic N) is 2. The van der Waals surface area contributed by atoms with Crippen LogP contribution in [0.5, 0.6) is 0 Å². The minimum absolute atomic E-state index is 0.376. The Labute approximate surface area is 134 Å². The monoisotopic (exact) mass is 306 g/mol. The summed E-state index contributed by atoms with van der Waals surface area (Å²) in [4.78, 5) is 15.6. The Morgan fingerprint density at radius 3 is 2.14 bits per heavy atom. The molecule has 0 aliphatic carbocycles. The van der Waals surface area contributed by atoms with Crippen molar-refractivity contribution in [2.75, 3.05) is 38.6 Å². The summed E-state index contributed by atoms with van der Waals surface area (Å²) in [6.45, 7) is 10.5. The van der Waals surface area contributed by atoms with Gasteiger partial charge in [0.2, 0.25) is 0 Å². The van der Waals surface area contributed by atoms with Crippen LogP contribution in [0.1, 0.15) is 30.0 Å². The second kappa shape index (κ2) is 8.18. The van der Waals surface area contributed by atoms with Gasteiger partial charge in [-0.05, 0) is 59.0 Å². The van der Waals surface area contributed by atoms with E-state index in [4.69, 9.17) is 0 Å². The average Bonchev–Trinajstić information content (AvgIpc) is 2.36. The number of benzene rings is 1. The molecule has 0 fully saturated rings. The van der Waals surface area contributed by atoms with Gasteiger partial charge in [-0.3, -0.25) is 4.79 Å². The number of carboxylic acids is 1. The van der Waals surface area contributed by atoms with E-state index < -0.39 is 5.97 Å². The summed E-state index contributed by atoms with van der Waals surface area (Å²) in [6.07, 6.45) is 1.02. The number of anilines is 1. The Morgan fingerprint density at radius 2 is 1.68 bits per heavy atom. The van der Waals surface area contributed by atoms with Gasteiger partial charge in [0, 0.05) is 18.8 Å². The molecule has 1 rings (SSSR count). The van der Waals surface area contributed by atoms with E-state index in [-0.39, 0.29) is 5.92 Å². The highest BCUT2D eigenvalue weighted by Crippen LogP contribution is 2.27. The smallest absolute Gasteiger partial charge is 0.308 e. The lowest BCUT2D eigenvalue weighted by Crippen LogP contribution is -2.35. The quantitative estimate of drug-likeness (QED) is 0.801. The van der Waals surface area contributed by atoms with Crippen molar-refractivity contribution in [2.45, 2.75) is 34.1 Å². The Morgan fingerprint density at radius 1 is 1.14 bits per heavy atom. The first-order chi connectivity index (χ1) is 10.2. The van der Waals surface area contributed by atoms with Crippen molar-refractivity contribution in [1.82, 2.24) is 4.90 Å². The zero-order chi connectivity index (χ0) is 16.9. The van der Waals surface area contributed by atoms with Crippen molar-refractivity contribution in [2.24, 2.45) is 5.92 Å². The summed E-state index contributed by atoms with van der Waals surface area (Å²) < 4.78 is 0. The summed E-state index contributed by atoms with van der Waals surface area (Å²) in [5, 5.41) is 9.24. The van der Waals surface area contributed by atoms with Crippen LogP contribution in [0.25, 0.3) is 0 Å². The van der Waals surface area contributed by atoms with Crippen LogP contribution in [0.3, 0.4) is 0 Å². The van der Waals surface area contributed by atoms with E-state index in [9.17, 15) is 9.90 Å². The lowest BCUT2D eigenvalue weighted by molar-refractivity contribution is -0.140. The van der Waals surface area contributed by atoms with E-state index in [0.29, 0.717) is 6.54 Å². The average molecular weight is 306 g/mol. The van der Waals surface area contributed by atoms with Crippen molar-refractivity contribution in [1.29, 1.82) is 0 Å². The molecule has 0 spiro atoms. The number of aliphatic carboxylic acids is 1. The molecule has 0 aromatic heterocycles. The minimum atomic E-state index is -0.736. The minimum Gasteiger partial charge on any atom is -0.481 e. The maximum Gasteiger partial charge on any atom is 0.308 e. The van der Waals surface area contributed by atoms with E-state index in [1.807, 2.05) is 0 Å². The van der Waals surface area contributed by atoms with Crippen molar-refractivity contribution >= 4 is 11.7 Å². The molecule has 124 valence electrons. The predicted octanol–water partition coefficient (Wildman–Crippen LogP) is 3.09. The molecule has 1 N–H and O–H groups in total. The van der Waals surface area contributed by atoms with E-state index in [1.165, 1.54) is 22.4 Å². The van der Waals surface area contributed by atoms with Crippen molar-refractivity contribution in [3.05, 3.63) is 28.8 Å².